The molecule has 0 radical (unpaired) electrons. The molecule has 1 aromatic heterocycles. The van der Waals surface area contributed by atoms with Gasteiger partial charge < -0.3 is 19.6 Å². The Kier molecular flexibility index (Phi) is 6.88. The molecule has 0 aliphatic carbocycles. The molecule has 1 aliphatic heterocycles. The van der Waals surface area contributed by atoms with Crippen LogP contribution in [-0.2, 0) is 0 Å². The van der Waals surface area contributed by atoms with Crippen molar-refractivity contribution in [1.82, 2.24) is 20.3 Å². The van der Waals surface area contributed by atoms with E-state index in [4.69, 9.17) is 16.1 Å². The van der Waals surface area contributed by atoms with Crippen molar-refractivity contribution in [3.8, 4) is 11.3 Å². The van der Waals surface area contributed by atoms with Crippen LogP contribution in [0.1, 0.15) is 29.5 Å². The highest BCUT2D eigenvalue weighted by molar-refractivity contribution is 6.33. The second-order valence-corrected chi connectivity index (χ2v) is 7.23. The van der Waals surface area contributed by atoms with Gasteiger partial charge in [0.05, 0.1) is 5.02 Å². The predicted octanol–water partition coefficient (Wildman–Crippen LogP) is 3.06. The normalized spacial score (nSPS) is 15.8. The molecule has 1 aliphatic rings. The fraction of sp³-hybridized carbons (Fsp3) is 0.500. The lowest BCUT2D eigenvalue weighted by molar-refractivity contribution is 0.0947. The van der Waals surface area contributed by atoms with E-state index in [1.54, 1.807) is 13.0 Å². The molecule has 0 atom stereocenters. The number of rotatable bonds is 7. The van der Waals surface area contributed by atoms with E-state index < -0.39 is 0 Å². The molecule has 1 saturated heterocycles. The number of halogens is 1. The third-order valence-corrected chi connectivity index (χ3v) is 5.40. The molecule has 6 nitrogen and oxygen atoms in total. The molecule has 1 aromatic carbocycles. The van der Waals surface area contributed by atoms with Gasteiger partial charge >= 0.3 is 0 Å². The Bertz CT molecular complexity index is 769. The Morgan fingerprint density at radius 2 is 1.93 bits per heavy atom. The van der Waals surface area contributed by atoms with Crippen LogP contribution in [0.3, 0.4) is 0 Å². The van der Waals surface area contributed by atoms with E-state index in [1.807, 2.05) is 18.2 Å². The van der Waals surface area contributed by atoms with Gasteiger partial charge in [0, 0.05) is 38.3 Å². The fourth-order valence-corrected chi connectivity index (χ4v) is 3.62. The summed E-state index contributed by atoms with van der Waals surface area (Å²) in [6, 6.07) is 7.33. The minimum Gasteiger partial charge on any atom is -0.360 e. The van der Waals surface area contributed by atoms with Crippen molar-refractivity contribution in [3.63, 3.8) is 0 Å². The summed E-state index contributed by atoms with van der Waals surface area (Å²) in [7, 11) is 0. The summed E-state index contributed by atoms with van der Waals surface area (Å²) in [5, 5.41) is 7.59. The number of aryl methyl sites for hydroxylation is 1. The summed E-state index contributed by atoms with van der Waals surface area (Å²) in [6.45, 7) is 11.2. The average molecular weight is 391 g/mol. The lowest BCUT2D eigenvalue weighted by atomic mass is 10.1. The molecular weight excluding hydrogens is 364 g/mol. The number of carbonyl (C=O) groups is 1. The van der Waals surface area contributed by atoms with Crippen LogP contribution in [0.2, 0.25) is 5.02 Å². The first-order valence-corrected chi connectivity index (χ1v) is 9.92. The first kappa shape index (κ1) is 19.9. The van der Waals surface area contributed by atoms with Gasteiger partial charge in [-0.15, -0.1) is 0 Å². The maximum atomic E-state index is 12.7. The van der Waals surface area contributed by atoms with Crippen LogP contribution in [-0.4, -0.2) is 66.7 Å². The molecule has 0 bridgehead atoms. The van der Waals surface area contributed by atoms with E-state index in [2.05, 4.69) is 27.2 Å². The Labute approximate surface area is 165 Å². The van der Waals surface area contributed by atoms with Gasteiger partial charge in [-0.2, -0.15) is 0 Å². The zero-order chi connectivity index (χ0) is 19.2. The molecule has 1 N–H and O–H groups in total. The van der Waals surface area contributed by atoms with E-state index in [9.17, 15) is 4.79 Å². The van der Waals surface area contributed by atoms with Crippen molar-refractivity contribution in [3.05, 3.63) is 40.6 Å². The number of nitrogens with zero attached hydrogens (tertiary/aromatic N) is 3. The van der Waals surface area contributed by atoms with E-state index in [-0.39, 0.29) is 5.91 Å². The van der Waals surface area contributed by atoms with Crippen LogP contribution in [0, 0.1) is 6.92 Å². The molecule has 0 spiro atoms. The zero-order valence-corrected chi connectivity index (χ0v) is 16.8. The Morgan fingerprint density at radius 1 is 1.22 bits per heavy atom. The molecular formula is C20H27ClN4O2. The Morgan fingerprint density at radius 3 is 2.63 bits per heavy atom. The number of piperazine rings is 1. The summed E-state index contributed by atoms with van der Waals surface area (Å²) in [5.74, 6) is 0.331. The Hall–Kier alpha value is -1.89. The van der Waals surface area contributed by atoms with E-state index in [0.29, 0.717) is 34.1 Å². The topological polar surface area (TPSA) is 61.6 Å². The monoisotopic (exact) mass is 390 g/mol. The van der Waals surface area contributed by atoms with Gasteiger partial charge in [-0.25, -0.2) is 0 Å². The number of nitrogens with one attached hydrogen (secondary N) is 1. The van der Waals surface area contributed by atoms with Gasteiger partial charge in [0.1, 0.15) is 17.0 Å². The first-order valence-electron chi connectivity index (χ1n) is 9.54. The minimum atomic E-state index is -0.167. The molecule has 3 rings (SSSR count). The number of benzene rings is 1. The lowest BCUT2D eigenvalue weighted by Crippen LogP contribution is -2.46. The summed E-state index contributed by atoms with van der Waals surface area (Å²) < 4.78 is 5.27. The smallest absolute Gasteiger partial charge is 0.257 e. The summed E-state index contributed by atoms with van der Waals surface area (Å²) in [4.78, 5) is 17.6. The lowest BCUT2D eigenvalue weighted by Gasteiger charge is -2.33. The highest BCUT2D eigenvalue weighted by Crippen LogP contribution is 2.30. The largest absolute Gasteiger partial charge is 0.360 e. The van der Waals surface area contributed by atoms with Gasteiger partial charge in [-0.3, -0.25) is 4.79 Å². The van der Waals surface area contributed by atoms with Crippen LogP contribution in [0.4, 0.5) is 0 Å². The highest BCUT2D eigenvalue weighted by Gasteiger charge is 2.22. The van der Waals surface area contributed by atoms with E-state index in [0.717, 1.165) is 45.7 Å². The minimum absolute atomic E-state index is 0.167. The van der Waals surface area contributed by atoms with Gasteiger partial charge in [0.25, 0.3) is 5.91 Å². The summed E-state index contributed by atoms with van der Waals surface area (Å²) >= 11 is 6.26. The van der Waals surface area contributed by atoms with Crippen LogP contribution in [0.15, 0.2) is 28.8 Å². The molecule has 2 aromatic rings. The molecule has 2 heterocycles. The first-order chi connectivity index (χ1) is 13.1. The van der Waals surface area contributed by atoms with E-state index >= 15 is 0 Å². The molecule has 27 heavy (non-hydrogen) atoms. The number of amides is 1. The molecule has 1 amide bonds. The number of hydrogen-bond acceptors (Lipinski definition) is 5. The maximum Gasteiger partial charge on any atom is 0.257 e. The molecule has 7 heteroatoms. The van der Waals surface area contributed by atoms with Crippen LogP contribution in [0.5, 0.6) is 0 Å². The third kappa shape index (κ3) is 4.89. The quantitative estimate of drug-likeness (QED) is 0.736. The maximum absolute atomic E-state index is 12.7. The second-order valence-electron chi connectivity index (χ2n) is 6.83. The van der Waals surface area contributed by atoms with Crippen molar-refractivity contribution in [2.24, 2.45) is 0 Å². The summed E-state index contributed by atoms with van der Waals surface area (Å²) in [6.07, 6.45) is 0.920. The van der Waals surface area contributed by atoms with Crippen LogP contribution >= 0.6 is 11.6 Å². The zero-order valence-electron chi connectivity index (χ0n) is 16.0. The van der Waals surface area contributed by atoms with E-state index in [1.165, 1.54) is 0 Å². The van der Waals surface area contributed by atoms with Crippen molar-refractivity contribution in [2.75, 3.05) is 45.8 Å². The van der Waals surface area contributed by atoms with Gasteiger partial charge in [-0.05, 0) is 32.5 Å². The predicted molar refractivity (Wildman–Crippen MR) is 107 cm³/mol. The average Bonchev–Trinajstić information content (AvgIpc) is 3.07. The summed E-state index contributed by atoms with van der Waals surface area (Å²) in [5.41, 5.74) is 1.65. The highest BCUT2D eigenvalue weighted by atomic mass is 35.5. The van der Waals surface area contributed by atoms with Crippen LogP contribution in [0.25, 0.3) is 11.3 Å². The number of aromatic nitrogens is 1. The standard InChI is InChI=1S/C20H27ClN4O2/c1-3-24-11-13-25(14-12-24)10-6-9-22-20(26)18-15(2)27-23-19(18)16-7-4-5-8-17(16)21/h4-5,7-8H,3,6,9-14H2,1-2H3,(H,22,26). The molecule has 146 valence electrons. The van der Waals surface area contributed by atoms with Crippen LogP contribution < -0.4 is 5.32 Å². The fourth-order valence-electron chi connectivity index (χ4n) is 3.40. The van der Waals surface area contributed by atoms with Crippen molar-refractivity contribution in [2.45, 2.75) is 20.3 Å². The third-order valence-electron chi connectivity index (χ3n) is 5.07. The molecule has 0 saturated carbocycles. The number of carbonyl (C=O) groups excluding carboxylic acids is 1. The number of likely N-dealkylation sites (N-methyl/N-ethyl adjacent to an activating group) is 1. The van der Waals surface area contributed by atoms with Gasteiger partial charge in [-0.1, -0.05) is 41.9 Å². The second kappa shape index (κ2) is 9.35. The van der Waals surface area contributed by atoms with Gasteiger partial charge in [0.2, 0.25) is 0 Å². The Balaban J connectivity index is 1.53. The SMILES string of the molecule is CCN1CCN(CCCNC(=O)c2c(-c3ccccc3Cl)noc2C)CC1. The van der Waals surface area contributed by atoms with Gasteiger partial charge in [0.15, 0.2) is 0 Å². The number of hydrogen-bond donors (Lipinski definition) is 1. The van der Waals surface area contributed by atoms with Crippen molar-refractivity contribution >= 4 is 17.5 Å². The molecule has 0 unspecified atom stereocenters. The molecule has 1 fully saturated rings. The van der Waals surface area contributed by atoms with Crippen molar-refractivity contribution in [1.29, 1.82) is 0 Å². The van der Waals surface area contributed by atoms with Crippen molar-refractivity contribution < 1.29 is 9.32 Å².